The predicted molar refractivity (Wildman–Crippen MR) is 85.2 cm³/mol. The van der Waals surface area contributed by atoms with Crippen LogP contribution in [0.4, 0.5) is 0 Å². The molecule has 0 saturated carbocycles. The lowest BCUT2D eigenvalue weighted by atomic mass is 10.1. The molecule has 1 saturated heterocycles. The van der Waals surface area contributed by atoms with Crippen LogP contribution in [0.1, 0.15) is 38.2 Å². The number of rotatable bonds is 7. The third-order valence-electron chi connectivity index (χ3n) is 3.51. The predicted octanol–water partition coefficient (Wildman–Crippen LogP) is 3.68. The van der Waals surface area contributed by atoms with Crippen LogP contribution in [0.5, 0.6) is 5.75 Å². The van der Waals surface area contributed by atoms with Crippen molar-refractivity contribution in [2.45, 2.75) is 51.2 Å². The first kappa shape index (κ1) is 15.8. The molecule has 1 fully saturated rings. The molecule has 20 heavy (non-hydrogen) atoms. The summed E-state index contributed by atoms with van der Waals surface area (Å²) in [6.07, 6.45) is 5.89. The summed E-state index contributed by atoms with van der Waals surface area (Å²) in [7, 11) is 0. The van der Waals surface area contributed by atoms with Gasteiger partial charge in [-0.1, -0.05) is 6.07 Å². The third-order valence-corrected chi connectivity index (χ3v) is 4.13. The molecule has 3 nitrogen and oxygen atoms in total. The minimum Gasteiger partial charge on any atom is -0.492 e. The maximum atomic E-state index is 5.82. The number of ether oxygens (including phenoxy) is 2. The number of nitrogens with two attached hydrogens (primary N) is 1. The van der Waals surface area contributed by atoms with E-state index >= 15 is 0 Å². The van der Waals surface area contributed by atoms with Crippen molar-refractivity contribution in [3.8, 4) is 5.75 Å². The molecule has 4 heteroatoms. The number of halogens is 1. The van der Waals surface area contributed by atoms with Crippen LogP contribution in [-0.2, 0) is 11.2 Å². The zero-order chi connectivity index (χ0) is 14.4. The van der Waals surface area contributed by atoms with Crippen molar-refractivity contribution < 1.29 is 9.47 Å². The molecule has 1 aromatic rings. The molecule has 0 amide bonds. The van der Waals surface area contributed by atoms with Gasteiger partial charge in [0.1, 0.15) is 5.75 Å². The van der Waals surface area contributed by atoms with Gasteiger partial charge in [-0.2, -0.15) is 0 Å². The van der Waals surface area contributed by atoms with Crippen LogP contribution in [0.25, 0.3) is 0 Å². The summed E-state index contributed by atoms with van der Waals surface area (Å²) in [6, 6.07) is 6.39. The fourth-order valence-electron chi connectivity index (χ4n) is 2.53. The second kappa shape index (κ2) is 8.01. The monoisotopic (exact) mass is 341 g/mol. The van der Waals surface area contributed by atoms with E-state index in [1.165, 1.54) is 18.4 Å². The Hall–Kier alpha value is -0.580. The Morgan fingerprint density at radius 3 is 3.00 bits per heavy atom. The summed E-state index contributed by atoms with van der Waals surface area (Å²) >= 11 is 3.56. The molecule has 1 aromatic carbocycles. The van der Waals surface area contributed by atoms with Gasteiger partial charge < -0.3 is 15.2 Å². The van der Waals surface area contributed by atoms with Gasteiger partial charge in [0.2, 0.25) is 0 Å². The minimum absolute atomic E-state index is 0.181. The van der Waals surface area contributed by atoms with Gasteiger partial charge in [0.25, 0.3) is 0 Å². The molecular weight excluding hydrogens is 318 g/mol. The summed E-state index contributed by atoms with van der Waals surface area (Å²) < 4.78 is 12.4. The van der Waals surface area contributed by atoms with E-state index in [1.54, 1.807) is 0 Å². The van der Waals surface area contributed by atoms with Crippen molar-refractivity contribution in [3.05, 3.63) is 28.2 Å². The van der Waals surface area contributed by atoms with Crippen molar-refractivity contribution in [1.82, 2.24) is 0 Å². The van der Waals surface area contributed by atoms with Crippen molar-refractivity contribution in [3.63, 3.8) is 0 Å². The van der Waals surface area contributed by atoms with Gasteiger partial charge in [-0.3, -0.25) is 0 Å². The lowest BCUT2D eigenvalue weighted by Gasteiger charge is -2.12. The average molecular weight is 342 g/mol. The Balaban J connectivity index is 1.74. The smallest absolute Gasteiger partial charge is 0.133 e. The largest absolute Gasteiger partial charge is 0.492 e. The highest BCUT2D eigenvalue weighted by Gasteiger charge is 2.14. The van der Waals surface area contributed by atoms with Crippen LogP contribution in [-0.4, -0.2) is 25.4 Å². The summed E-state index contributed by atoms with van der Waals surface area (Å²) in [6.45, 7) is 3.69. The molecule has 1 heterocycles. The highest BCUT2D eigenvalue weighted by molar-refractivity contribution is 9.10. The van der Waals surface area contributed by atoms with E-state index in [0.29, 0.717) is 6.10 Å². The van der Waals surface area contributed by atoms with E-state index in [1.807, 2.05) is 13.0 Å². The van der Waals surface area contributed by atoms with Crippen molar-refractivity contribution in [2.75, 3.05) is 13.2 Å². The van der Waals surface area contributed by atoms with Gasteiger partial charge in [-0.15, -0.1) is 0 Å². The van der Waals surface area contributed by atoms with Gasteiger partial charge in [-0.05, 0) is 72.7 Å². The SMILES string of the molecule is CC(N)Cc1ccc(OCCCC2CCCO2)c(Br)c1. The summed E-state index contributed by atoms with van der Waals surface area (Å²) in [5.74, 6) is 0.908. The zero-order valence-corrected chi connectivity index (χ0v) is 13.7. The molecular formula is C16H24BrNO2. The van der Waals surface area contributed by atoms with Crippen LogP contribution in [0.15, 0.2) is 22.7 Å². The lowest BCUT2D eigenvalue weighted by molar-refractivity contribution is 0.0981. The van der Waals surface area contributed by atoms with E-state index < -0.39 is 0 Å². The molecule has 1 aliphatic rings. The second-order valence-electron chi connectivity index (χ2n) is 5.57. The Kier molecular flexibility index (Phi) is 6.33. The molecule has 2 atom stereocenters. The quantitative estimate of drug-likeness (QED) is 0.769. The number of benzene rings is 1. The molecule has 2 N–H and O–H groups in total. The normalized spacial score (nSPS) is 20.1. The number of hydrogen-bond donors (Lipinski definition) is 1. The Morgan fingerprint density at radius 1 is 1.50 bits per heavy atom. The van der Waals surface area contributed by atoms with Crippen molar-refractivity contribution in [2.24, 2.45) is 5.73 Å². The van der Waals surface area contributed by atoms with Crippen LogP contribution in [0, 0.1) is 0 Å². The highest BCUT2D eigenvalue weighted by atomic mass is 79.9. The maximum Gasteiger partial charge on any atom is 0.133 e. The van der Waals surface area contributed by atoms with Gasteiger partial charge in [0.05, 0.1) is 17.2 Å². The van der Waals surface area contributed by atoms with E-state index in [2.05, 4.69) is 28.1 Å². The molecule has 2 rings (SSSR count). The lowest BCUT2D eigenvalue weighted by Crippen LogP contribution is -2.17. The van der Waals surface area contributed by atoms with Crippen LogP contribution >= 0.6 is 15.9 Å². The fourth-order valence-corrected chi connectivity index (χ4v) is 3.07. The van der Waals surface area contributed by atoms with Gasteiger partial charge >= 0.3 is 0 Å². The van der Waals surface area contributed by atoms with Crippen LogP contribution in [0.2, 0.25) is 0 Å². The Labute approximate surface area is 130 Å². The summed E-state index contributed by atoms with van der Waals surface area (Å²) in [5, 5.41) is 0. The Bertz CT molecular complexity index is 417. The molecule has 0 bridgehead atoms. The fraction of sp³-hybridized carbons (Fsp3) is 0.625. The van der Waals surface area contributed by atoms with Crippen molar-refractivity contribution >= 4 is 15.9 Å². The second-order valence-corrected chi connectivity index (χ2v) is 6.43. The first-order valence-corrected chi connectivity index (χ1v) is 8.23. The van der Waals surface area contributed by atoms with E-state index in [4.69, 9.17) is 15.2 Å². The molecule has 0 spiro atoms. The van der Waals surface area contributed by atoms with Crippen LogP contribution in [0.3, 0.4) is 0 Å². The summed E-state index contributed by atoms with van der Waals surface area (Å²) in [4.78, 5) is 0. The standard InChI is InChI=1S/C16H24BrNO2/c1-12(18)10-13-6-7-16(15(17)11-13)20-9-3-5-14-4-2-8-19-14/h6-7,11-12,14H,2-5,8-10,18H2,1H3. The van der Waals surface area contributed by atoms with Crippen molar-refractivity contribution in [1.29, 1.82) is 0 Å². The van der Waals surface area contributed by atoms with Gasteiger partial charge in [-0.25, -0.2) is 0 Å². The van der Waals surface area contributed by atoms with Crippen LogP contribution < -0.4 is 10.5 Å². The van der Waals surface area contributed by atoms with E-state index in [-0.39, 0.29) is 6.04 Å². The number of hydrogen-bond acceptors (Lipinski definition) is 3. The van der Waals surface area contributed by atoms with Gasteiger partial charge in [0, 0.05) is 12.6 Å². The maximum absolute atomic E-state index is 5.82. The molecule has 1 aliphatic heterocycles. The molecule has 0 radical (unpaired) electrons. The first-order valence-electron chi connectivity index (χ1n) is 7.43. The van der Waals surface area contributed by atoms with Gasteiger partial charge in [0.15, 0.2) is 0 Å². The zero-order valence-electron chi connectivity index (χ0n) is 12.1. The third kappa shape index (κ3) is 5.08. The Morgan fingerprint density at radius 2 is 2.35 bits per heavy atom. The molecule has 0 aliphatic carbocycles. The van der Waals surface area contributed by atoms with E-state index in [9.17, 15) is 0 Å². The van der Waals surface area contributed by atoms with E-state index in [0.717, 1.165) is 42.7 Å². The summed E-state index contributed by atoms with van der Waals surface area (Å²) in [5.41, 5.74) is 7.05. The highest BCUT2D eigenvalue weighted by Crippen LogP contribution is 2.27. The molecule has 0 aromatic heterocycles. The first-order chi connectivity index (χ1) is 9.65. The topological polar surface area (TPSA) is 44.5 Å². The molecule has 2 unspecified atom stereocenters. The minimum atomic E-state index is 0.181. The average Bonchev–Trinajstić information content (AvgIpc) is 2.89. The molecule has 112 valence electrons.